The summed E-state index contributed by atoms with van der Waals surface area (Å²) in [6.07, 6.45) is 0. The highest BCUT2D eigenvalue weighted by Gasteiger charge is 2.12. The molecule has 1 radical (unpaired) electrons. The summed E-state index contributed by atoms with van der Waals surface area (Å²) in [6, 6.07) is 6.12. The van der Waals surface area contributed by atoms with Crippen LogP contribution in [-0.2, 0) is 0 Å². The molecule has 1 aromatic rings. The molecule has 0 heterocycles. The summed E-state index contributed by atoms with van der Waals surface area (Å²) in [6.45, 7) is 8.30. The zero-order valence-electron chi connectivity index (χ0n) is 8.63. The van der Waals surface area contributed by atoms with Crippen LogP contribution in [0.25, 0.3) is 0 Å². The Kier molecular flexibility index (Phi) is 4.14. The summed E-state index contributed by atoms with van der Waals surface area (Å²) in [7, 11) is 0. The Morgan fingerprint density at radius 3 is 2.43 bits per heavy atom. The molecule has 1 nitrogen and oxygen atoms in total. The molecular weight excluding hydrogens is 240 g/mol. The zero-order valence-corrected chi connectivity index (χ0v) is 10.2. The Morgan fingerprint density at radius 1 is 1.36 bits per heavy atom. The van der Waals surface area contributed by atoms with Crippen molar-refractivity contribution in [3.05, 3.63) is 40.7 Å². The Balaban J connectivity index is 3.13. The van der Waals surface area contributed by atoms with E-state index >= 15 is 0 Å². The third kappa shape index (κ3) is 2.37. The van der Waals surface area contributed by atoms with Gasteiger partial charge in [0.25, 0.3) is 0 Å². The normalized spacial score (nSPS) is 13.3. The maximum absolute atomic E-state index is 9.06. The molecule has 0 bridgehead atoms. The smallest absolute Gasteiger partial charge is 0.0500 e. The van der Waals surface area contributed by atoms with E-state index in [4.69, 9.17) is 5.11 Å². The molecule has 14 heavy (non-hydrogen) atoms. The largest absolute Gasteiger partial charge is 0.396 e. The van der Waals surface area contributed by atoms with Gasteiger partial charge in [-0.25, -0.2) is 0 Å². The van der Waals surface area contributed by atoms with E-state index in [1.54, 1.807) is 0 Å². The first-order valence-electron chi connectivity index (χ1n) is 4.80. The van der Waals surface area contributed by atoms with Crippen LogP contribution in [0.1, 0.15) is 36.8 Å². The van der Waals surface area contributed by atoms with Gasteiger partial charge < -0.3 is 5.11 Å². The number of benzene rings is 1. The average molecular weight is 256 g/mol. The minimum atomic E-state index is -0.0527. The first-order valence-corrected chi connectivity index (χ1v) is 5.59. The molecule has 0 aliphatic carbocycles. The van der Waals surface area contributed by atoms with E-state index in [1.165, 1.54) is 5.56 Å². The molecule has 1 N–H and O–H groups in total. The quantitative estimate of drug-likeness (QED) is 0.877. The van der Waals surface area contributed by atoms with E-state index in [1.807, 2.05) is 12.1 Å². The lowest BCUT2D eigenvalue weighted by molar-refractivity contribution is 0.282. The third-order valence-corrected chi connectivity index (χ3v) is 3.26. The van der Waals surface area contributed by atoms with Gasteiger partial charge in [-0.1, -0.05) is 48.0 Å². The maximum atomic E-state index is 9.06. The molecule has 2 heteroatoms. The maximum Gasteiger partial charge on any atom is 0.0500 e. The molecular formula is C12H16BrO. The molecule has 1 rings (SSSR count). The molecule has 0 amide bonds. The van der Waals surface area contributed by atoms with Crippen molar-refractivity contribution in [1.82, 2.24) is 0 Å². The lowest BCUT2D eigenvalue weighted by Gasteiger charge is -2.15. The van der Waals surface area contributed by atoms with Crippen molar-refractivity contribution >= 4 is 15.9 Å². The van der Waals surface area contributed by atoms with Crippen molar-refractivity contribution in [3.8, 4) is 0 Å². The van der Waals surface area contributed by atoms with Gasteiger partial charge in [-0.3, -0.25) is 0 Å². The summed E-state index contributed by atoms with van der Waals surface area (Å²) in [5.41, 5.74) is 2.35. The molecule has 1 unspecified atom stereocenters. The topological polar surface area (TPSA) is 20.2 Å². The predicted molar refractivity (Wildman–Crippen MR) is 63.4 cm³/mol. The summed E-state index contributed by atoms with van der Waals surface area (Å²) in [4.78, 5) is 0. The van der Waals surface area contributed by atoms with E-state index in [2.05, 4.69) is 42.8 Å². The number of halogens is 1. The van der Waals surface area contributed by atoms with Gasteiger partial charge in [0.2, 0.25) is 0 Å². The highest BCUT2D eigenvalue weighted by atomic mass is 79.9. The van der Waals surface area contributed by atoms with Gasteiger partial charge in [0, 0.05) is 17.0 Å². The standard InChI is InChI=1S/C12H16BrO/c1-8(2)10-5-4-6-11(12(10)13)9(3)7-14/h4-6,8-9,14H,3,7H2,1-2H3. The minimum absolute atomic E-state index is 0.0527. The zero-order chi connectivity index (χ0) is 10.7. The van der Waals surface area contributed by atoms with E-state index in [9.17, 15) is 0 Å². The molecule has 77 valence electrons. The second kappa shape index (κ2) is 4.94. The first kappa shape index (κ1) is 11.7. The fraction of sp³-hybridized carbons (Fsp3) is 0.417. The molecule has 0 aromatic heterocycles. The molecule has 0 saturated heterocycles. The highest BCUT2D eigenvalue weighted by Crippen LogP contribution is 2.31. The van der Waals surface area contributed by atoms with Crippen LogP contribution < -0.4 is 0 Å². The molecule has 0 saturated carbocycles. The van der Waals surface area contributed by atoms with E-state index in [-0.39, 0.29) is 12.5 Å². The summed E-state index contributed by atoms with van der Waals surface area (Å²) in [5, 5.41) is 9.06. The second-order valence-corrected chi connectivity index (χ2v) is 4.58. The van der Waals surface area contributed by atoms with Crippen molar-refractivity contribution < 1.29 is 5.11 Å². The SMILES string of the molecule is [CH2]C(CO)c1cccc(C(C)C)c1Br. The molecule has 1 atom stereocenters. The molecule has 0 spiro atoms. The summed E-state index contributed by atoms with van der Waals surface area (Å²) >= 11 is 3.57. The summed E-state index contributed by atoms with van der Waals surface area (Å²) < 4.78 is 1.09. The summed E-state index contributed by atoms with van der Waals surface area (Å²) in [5.74, 6) is 0.429. The van der Waals surface area contributed by atoms with Gasteiger partial charge in [0.15, 0.2) is 0 Å². The fourth-order valence-corrected chi connectivity index (χ4v) is 2.47. The van der Waals surface area contributed by atoms with Crippen molar-refractivity contribution in [2.45, 2.75) is 25.7 Å². The second-order valence-electron chi connectivity index (χ2n) is 3.78. The van der Waals surface area contributed by atoms with Gasteiger partial charge in [0.05, 0.1) is 0 Å². The Morgan fingerprint density at radius 2 is 1.93 bits per heavy atom. The van der Waals surface area contributed by atoms with Crippen LogP contribution in [0.3, 0.4) is 0 Å². The average Bonchev–Trinajstić information content (AvgIpc) is 2.16. The number of hydrogen-bond donors (Lipinski definition) is 1. The monoisotopic (exact) mass is 255 g/mol. The molecule has 0 aliphatic heterocycles. The number of hydrogen-bond acceptors (Lipinski definition) is 1. The van der Waals surface area contributed by atoms with Gasteiger partial charge in [-0.2, -0.15) is 0 Å². The van der Waals surface area contributed by atoms with E-state index in [0.29, 0.717) is 5.92 Å². The fourth-order valence-electron chi connectivity index (χ4n) is 1.43. The van der Waals surface area contributed by atoms with Crippen LogP contribution in [0.5, 0.6) is 0 Å². The van der Waals surface area contributed by atoms with Crippen LogP contribution in [0.15, 0.2) is 22.7 Å². The van der Waals surface area contributed by atoms with Crippen LogP contribution >= 0.6 is 15.9 Å². The van der Waals surface area contributed by atoms with Crippen LogP contribution in [0, 0.1) is 6.92 Å². The van der Waals surface area contributed by atoms with Crippen molar-refractivity contribution in [3.63, 3.8) is 0 Å². The van der Waals surface area contributed by atoms with Gasteiger partial charge in [-0.15, -0.1) is 0 Å². The van der Waals surface area contributed by atoms with Gasteiger partial charge in [0.1, 0.15) is 0 Å². The van der Waals surface area contributed by atoms with Crippen molar-refractivity contribution in [2.24, 2.45) is 0 Å². The Labute approximate surface area is 94.3 Å². The lowest BCUT2D eigenvalue weighted by Crippen LogP contribution is -2.02. The van der Waals surface area contributed by atoms with E-state index in [0.717, 1.165) is 10.0 Å². The number of rotatable bonds is 3. The number of aliphatic hydroxyl groups is 1. The van der Waals surface area contributed by atoms with Crippen molar-refractivity contribution in [2.75, 3.05) is 6.61 Å². The van der Waals surface area contributed by atoms with Gasteiger partial charge >= 0.3 is 0 Å². The van der Waals surface area contributed by atoms with Crippen LogP contribution in [-0.4, -0.2) is 11.7 Å². The Hall–Kier alpha value is -0.340. The first-order chi connectivity index (χ1) is 6.57. The molecule has 1 aromatic carbocycles. The van der Waals surface area contributed by atoms with Crippen molar-refractivity contribution in [1.29, 1.82) is 0 Å². The van der Waals surface area contributed by atoms with Crippen LogP contribution in [0.2, 0.25) is 0 Å². The van der Waals surface area contributed by atoms with Gasteiger partial charge in [-0.05, 0) is 24.0 Å². The predicted octanol–water partition coefficient (Wildman–Crippen LogP) is 3.48. The lowest BCUT2D eigenvalue weighted by atomic mass is 9.95. The molecule has 0 fully saturated rings. The third-order valence-electron chi connectivity index (χ3n) is 2.34. The van der Waals surface area contributed by atoms with Crippen LogP contribution in [0.4, 0.5) is 0 Å². The number of aliphatic hydroxyl groups excluding tert-OH is 1. The van der Waals surface area contributed by atoms with E-state index < -0.39 is 0 Å². The molecule has 0 aliphatic rings. The minimum Gasteiger partial charge on any atom is -0.396 e. The highest BCUT2D eigenvalue weighted by molar-refractivity contribution is 9.10. The Bertz CT molecular complexity index is 307.